The highest BCUT2D eigenvalue weighted by molar-refractivity contribution is 5.97. The lowest BCUT2D eigenvalue weighted by Crippen LogP contribution is -2.51. The number of pyridine rings is 1. The summed E-state index contributed by atoms with van der Waals surface area (Å²) in [7, 11) is 1.71. The Morgan fingerprint density at radius 3 is 2.80 bits per heavy atom. The van der Waals surface area contributed by atoms with Gasteiger partial charge in [-0.05, 0) is 45.1 Å². The van der Waals surface area contributed by atoms with Crippen molar-refractivity contribution in [1.29, 1.82) is 0 Å². The van der Waals surface area contributed by atoms with Crippen LogP contribution in [0.2, 0.25) is 0 Å². The predicted molar refractivity (Wildman–Crippen MR) is 132 cm³/mol. The first kappa shape index (κ1) is 26.8. The number of carbonyl (C=O) groups excluding carboxylic acids is 2. The van der Waals surface area contributed by atoms with E-state index in [1.807, 2.05) is 13.8 Å². The molecule has 3 amide bonds. The Hall–Kier alpha value is -2.83. The van der Waals surface area contributed by atoms with Gasteiger partial charge in [0, 0.05) is 37.8 Å². The van der Waals surface area contributed by atoms with Crippen LogP contribution in [-0.4, -0.2) is 88.0 Å². The Bertz CT molecular complexity index is 966. The first-order chi connectivity index (χ1) is 16.7. The third kappa shape index (κ3) is 6.65. The molecule has 2 aliphatic rings. The minimum absolute atomic E-state index is 0.125. The van der Waals surface area contributed by atoms with Crippen molar-refractivity contribution >= 4 is 11.9 Å². The number of likely N-dealkylation sites (N-methyl/N-ethyl adjacent to an activating group) is 1. The van der Waals surface area contributed by atoms with Gasteiger partial charge in [0.25, 0.3) is 5.91 Å². The summed E-state index contributed by atoms with van der Waals surface area (Å²) in [5.41, 5.74) is -0.226. The maximum Gasteiger partial charge on any atom is 0.317 e. The topological polar surface area (TPSA) is 115 Å². The quantitative estimate of drug-likeness (QED) is 0.530. The van der Waals surface area contributed by atoms with Crippen LogP contribution in [0.3, 0.4) is 0 Å². The second kappa shape index (κ2) is 11.7. The van der Waals surface area contributed by atoms with Crippen LogP contribution in [0.25, 0.3) is 0 Å². The molecule has 1 aromatic heterocycles. The van der Waals surface area contributed by atoms with Crippen LogP contribution in [0.1, 0.15) is 68.8 Å². The van der Waals surface area contributed by atoms with Gasteiger partial charge in [-0.15, -0.1) is 0 Å². The molecule has 0 saturated heterocycles. The van der Waals surface area contributed by atoms with Crippen LogP contribution in [0.5, 0.6) is 5.88 Å². The molecule has 9 nitrogen and oxygen atoms in total. The summed E-state index contributed by atoms with van der Waals surface area (Å²) in [6.07, 6.45) is 5.12. The Labute approximate surface area is 207 Å². The number of hydrogen-bond acceptors (Lipinski definition) is 6. The third-order valence-electron chi connectivity index (χ3n) is 6.72. The second-order valence-electron chi connectivity index (χ2n) is 9.80. The maximum absolute atomic E-state index is 13.5. The number of aromatic nitrogens is 1. The number of hydrogen-bond donors (Lipinski definition) is 3. The molecule has 0 radical (unpaired) electrons. The van der Waals surface area contributed by atoms with E-state index in [1.165, 1.54) is 6.20 Å². The van der Waals surface area contributed by atoms with Gasteiger partial charge in [-0.3, -0.25) is 4.79 Å². The summed E-state index contributed by atoms with van der Waals surface area (Å²) < 4.78 is 6.22. The number of carbonyl (C=O) groups is 2. The van der Waals surface area contributed by atoms with E-state index in [4.69, 9.17) is 4.74 Å². The van der Waals surface area contributed by atoms with Crippen molar-refractivity contribution < 1.29 is 24.5 Å². The molecule has 0 spiro atoms. The summed E-state index contributed by atoms with van der Waals surface area (Å²) in [4.78, 5) is 33.5. The van der Waals surface area contributed by atoms with Crippen LogP contribution in [0.15, 0.2) is 12.3 Å². The Balaban J connectivity index is 1.92. The van der Waals surface area contributed by atoms with Crippen LogP contribution in [-0.2, 0) is 0 Å². The SMILES string of the molecule is CCCNC(=O)N(C)C[C@H]1Oc2ncc(C#CC3(O)CCCC3)cc2C(=O)N([C@@H](C)CO)C[C@@H]1C. The first-order valence-electron chi connectivity index (χ1n) is 12.5. The maximum atomic E-state index is 13.5. The highest BCUT2D eigenvalue weighted by Crippen LogP contribution is 2.30. The fraction of sp³-hybridized carbons (Fsp3) is 0.654. The fourth-order valence-electron chi connectivity index (χ4n) is 4.38. The highest BCUT2D eigenvalue weighted by Gasteiger charge is 2.35. The number of aliphatic hydroxyl groups is 2. The first-order valence-corrected chi connectivity index (χ1v) is 12.5. The standard InChI is InChI=1S/C26H38N4O5/c1-5-12-27-25(33)29(4)16-22-18(2)15-30(19(3)17-31)24(32)21-13-20(14-28-23(21)35-22)8-11-26(34)9-6-7-10-26/h13-14,18-19,22,31,34H,5-7,9-10,12,15-17H2,1-4H3,(H,27,33)/t18-,19-,22+/m0/s1. The zero-order valence-electron chi connectivity index (χ0n) is 21.2. The lowest BCUT2D eigenvalue weighted by Gasteiger charge is -2.37. The molecule has 1 aliphatic carbocycles. The Morgan fingerprint density at radius 2 is 2.14 bits per heavy atom. The van der Waals surface area contributed by atoms with Gasteiger partial charge >= 0.3 is 6.03 Å². The van der Waals surface area contributed by atoms with Crippen molar-refractivity contribution in [1.82, 2.24) is 20.1 Å². The zero-order valence-corrected chi connectivity index (χ0v) is 21.2. The lowest BCUT2D eigenvalue weighted by atomic mass is 9.99. The van der Waals surface area contributed by atoms with Crippen molar-refractivity contribution in [3.8, 4) is 17.7 Å². The van der Waals surface area contributed by atoms with Crippen molar-refractivity contribution in [3.63, 3.8) is 0 Å². The number of urea groups is 1. The summed E-state index contributed by atoms with van der Waals surface area (Å²) in [5, 5.41) is 23.2. The molecule has 1 aromatic rings. The van der Waals surface area contributed by atoms with Gasteiger partial charge < -0.3 is 30.1 Å². The molecule has 3 rings (SSSR count). The average molecular weight is 487 g/mol. The number of nitrogens with one attached hydrogen (secondary N) is 1. The normalized spacial score (nSPS) is 22.1. The Kier molecular flexibility index (Phi) is 8.98. The minimum atomic E-state index is -0.994. The van der Waals surface area contributed by atoms with Gasteiger partial charge in [0.05, 0.1) is 19.2 Å². The molecule has 0 bridgehead atoms. The van der Waals surface area contributed by atoms with Crippen LogP contribution >= 0.6 is 0 Å². The van der Waals surface area contributed by atoms with Crippen molar-refractivity contribution in [3.05, 3.63) is 23.4 Å². The summed E-state index contributed by atoms with van der Waals surface area (Å²) >= 11 is 0. The molecular formula is C26H38N4O5. The van der Waals surface area contributed by atoms with E-state index < -0.39 is 17.7 Å². The average Bonchev–Trinajstić information content (AvgIpc) is 3.29. The van der Waals surface area contributed by atoms with Gasteiger partial charge in [0.15, 0.2) is 0 Å². The van der Waals surface area contributed by atoms with Crippen molar-refractivity contribution in [2.75, 3.05) is 33.3 Å². The number of rotatable bonds is 6. The zero-order chi connectivity index (χ0) is 25.6. The van der Waals surface area contributed by atoms with Gasteiger partial charge in [0.1, 0.15) is 17.3 Å². The summed E-state index contributed by atoms with van der Waals surface area (Å²) in [5.74, 6) is 5.68. The van der Waals surface area contributed by atoms with E-state index in [-0.39, 0.29) is 35.9 Å². The van der Waals surface area contributed by atoms with E-state index in [1.54, 1.807) is 29.8 Å². The molecule has 192 valence electrons. The van der Waals surface area contributed by atoms with Gasteiger partial charge in [0.2, 0.25) is 5.88 Å². The molecule has 35 heavy (non-hydrogen) atoms. The largest absolute Gasteiger partial charge is 0.472 e. The van der Waals surface area contributed by atoms with Crippen LogP contribution in [0.4, 0.5) is 4.79 Å². The Morgan fingerprint density at radius 1 is 1.43 bits per heavy atom. The molecular weight excluding hydrogens is 448 g/mol. The molecule has 3 N–H and O–H groups in total. The van der Waals surface area contributed by atoms with E-state index in [0.29, 0.717) is 38.0 Å². The van der Waals surface area contributed by atoms with Gasteiger partial charge in [-0.1, -0.05) is 25.7 Å². The summed E-state index contributed by atoms with van der Waals surface area (Å²) in [6, 6.07) is 1.04. The molecule has 9 heteroatoms. The van der Waals surface area contributed by atoms with E-state index in [0.717, 1.165) is 19.3 Å². The number of aliphatic hydroxyl groups excluding tert-OH is 1. The number of amides is 3. The lowest BCUT2D eigenvalue weighted by molar-refractivity contribution is 0.0352. The number of ether oxygens (including phenoxy) is 1. The number of fused-ring (bicyclic) bond motifs is 1. The van der Waals surface area contributed by atoms with Gasteiger partial charge in [-0.25, -0.2) is 9.78 Å². The number of nitrogens with zero attached hydrogens (tertiary/aromatic N) is 3. The summed E-state index contributed by atoms with van der Waals surface area (Å²) in [6.45, 7) is 6.80. The van der Waals surface area contributed by atoms with E-state index in [2.05, 4.69) is 22.1 Å². The molecule has 3 atom stereocenters. The molecule has 2 heterocycles. The minimum Gasteiger partial charge on any atom is -0.472 e. The monoisotopic (exact) mass is 486 g/mol. The molecule has 0 unspecified atom stereocenters. The predicted octanol–water partition coefficient (Wildman–Crippen LogP) is 2.01. The van der Waals surface area contributed by atoms with E-state index in [9.17, 15) is 19.8 Å². The van der Waals surface area contributed by atoms with Crippen LogP contribution in [0, 0.1) is 17.8 Å². The van der Waals surface area contributed by atoms with Gasteiger partial charge in [-0.2, -0.15) is 0 Å². The van der Waals surface area contributed by atoms with Crippen molar-refractivity contribution in [2.45, 2.75) is 70.6 Å². The molecule has 1 fully saturated rings. The second-order valence-corrected chi connectivity index (χ2v) is 9.80. The molecule has 1 saturated carbocycles. The van der Waals surface area contributed by atoms with Crippen molar-refractivity contribution in [2.24, 2.45) is 5.92 Å². The third-order valence-corrected chi connectivity index (χ3v) is 6.72. The smallest absolute Gasteiger partial charge is 0.317 e. The fourth-order valence-corrected chi connectivity index (χ4v) is 4.38. The molecule has 1 aliphatic heterocycles. The highest BCUT2D eigenvalue weighted by atomic mass is 16.5. The van der Waals surface area contributed by atoms with Crippen LogP contribution < -0.4 is 10.1 Å². The molecule has 0 aromatic carbocycles. The van der Waals surface area contributed by atoms with E-state index >= 15 is 0 Å².